The van der Waals surface area contributed by atoms with Crippen molar-refractivity contribution in [2.24, 2.45) is 0 Å². The van der Waals surface area contributed by atoms with Gasteiger partial charge in [-0.3, -0.25) is 0 Å². The first kappa shape index (κ1) is 11.8. The van der Waals surface area contributed by atoms with Gasteiger partial charge < -0.3 is 5.32 Å². The molecule has 0 aliphatic carbocycles. The number of pyridine rings is 1. The van der Waals surface area contributed by atoms with Crippen molar-refractivity contribution in [1.82, 2.24) is 14.6 Å². The highest BCUT2D eigenvalue weighted by Crippen LogP contribution is 2.08. The molecule has 88 valence electrons. The summed E-state index contributed by atoms with van der Waals surface area (Å²) in [5.41, 5.74) is 1.94. The number of hydrogen-bond acceptors (Lipinski definition) is 4. The zero-order chi connectivity index (χ0) is 12.1. The van der Waals surface area contributed by atoms with Gasteiger partial charge in [-0.2, -0.15) is 4.98 Å². The van der Waals surface area contributed by atoms with Gasteiger partial charge in [0.25, 0.3) is 0 Å². The van der Waals surface area contributed by atoms with Gasteiger partial charge in [-0.05, 0) is 19.1 Å². The third kappa shape index (κ3) is 2.92. The van der Waals surface area contributed by atoms with Crippen molar-refractivity contribution >= 4 is 23.4 Å². The summed E-state index contributed by atoms with van der Waals surface area (Å²) in [6.45, 7) is 2.83. The molecular formula is C12H14N4S. The van der Waals surface area contributed by atoms with Gasteiger partial charge in [-0.15, -0.1) is 23.3 Å². The molecule has 2 heterocycles. The van der Waals surface area contributed by atoms with Crippen LogP contribution in [0.1, 0.15) is 5.69 Å². The van der Waals surface area contributed by atoms with Gasteiger partial charge in [0.2, 0.25) is 5.95 Å². The van der Waals surface area contributed by atoms with Crippen LogP contribution in [0.5, 0.6) is 0 Å². The minimum atomic E-state index is 0.667. The fourth-order valence-corrected chi connectivity index (χ4v) is 1.99. The molecule has 0 amide bonds. The number of aryl methyl sites for hydroxylation is 1. The summed E-state index contributed by atoms with van der Waals surface area (Å²) in [6, 6.07) is 5.93. The van der Waals surface area contributed by atoms with Crippen LogP contribution in [-0.2, 0) is 0 Å². The number of rotatable bonds is 5. The van der Waals surface area contributed by atoms with Crippen LogP contribution >= 0.6 is 11.8 Å². The minimum absolute atomic E-state index is 0.667. The molecule has 0 aliphatic rings. The second-order valence-corrected chi connectivity index (χ2v) is 4.66. The van der Waals surface area contributed by atoms with E-state index in [1.807, 2.05) is 29.6 Å². The van der Waals surface area contributed by atoms with Gasteiger partial charge in [0.1, 0.15) is 0 Å². The number of nitrogens with one attached hydrogen (secondary N) is 1. The quantitative estimate of drug-likeness (QED) is 0.645. The highest BCUT2D eigenvalue weighted by Gasteiger charge is 2.03. The van der Waals surface area contributed by atoms with Crippen LogP contribution in [0, 0.1) is 19.3 Å². The maximum absolute atomic E-state index is 5.17. The molecule has 0 saturated heterocycles. The lowest BCUT2D eigenvalue weighted by atomic mass is 10.4. The number of aromatic nitrogens is 3. The monoisotopic (exact) mass is 246 g/mol. The van der Waals surface area contributed by atoms with Crippen LogP contribution in [0.4, 0.5) is 5.95 Å². The van der Waals surface area contributed by atoms with Gasteiger partial charge >= 0.3 is 0 Å². The smallest absolute Gasteiger partial charge is 0.243 e. The van der Waals surface area contributed by atoms with E-state index < -0.39 is 0 Å². The van der Waals surface area contributed by atoms with Gasteiger partial charge in [-0.1, -0.05) is 12.0 Å². The van der Waals surface area contributed by atoms with E-state index in [9.17, 15) is 0 Å². The van der Waals surface area contributed by atoms with Crippen LogP contribution in [0.2, 0.25) is 0 Å². The van der Waals surface area contributed by atoms with Gasteiger partial charge in [0, 0.05) is 18.0 Å². The Kier molecular flexibility index (Phi) is 3.89. The minimum Gasteiger partial charge on any atom is -0.352 e. The first-order chi connectivity index (χ1) is 8.31. The fraction of sp³-hybridized carbons (Fsp3) is 0.333. The lowest BCUT2D eigenvalue weighted by molar-refractivity contribution is 0.912. The second-order valence-electron chi connectivity index (χ2n) is 3.56. The van der Waals surface area contributed by atoms with E-state index in [2.05, 4.69) is 21.3 Å². The van der Waals surface area contributed by atoms with E-state index in [-0.39, 0.29) is 0 Å². The molecule has 0 atom stereocenters. The summed E-state index contributed by atoms with van der Waals surface area (Å²) in [4.78, 5) is 4.38. The number of nitrogens with zero attached hydrogens (tertiary/aromatic N) is 3. The van der Waals surface area contributed by atoms with E-state index in [0.29, 0.717) is 5.95 Å². The van der Waals surface area contributed by atoms with Crippen molar-refractivity contribution in [1.29, 1.82) is 0 Å². The Morgan fingerprint density at radius 2 is 2.41 bits per heavy atom. The molecule has 0 unspecified atom stereocenters. The maximum atomic E-state index is 5.17. The molecule has 2 aromatic heterocycles. The van der Waals surface area contributed by atoms with Crippen molar-refractivity contribution in [3.05, 3.63) is 23.9 Å². The van der Waals surface area contributed by atoms with Gasteiger partial charge in [-0.25, -0.2) is 4.52 Å². The molecule has 2 aromatic rings. The molecular weight excluding hydrogens is 232 g/mol. The molecule has 0 saturated carbocycles. The summed E-state index contributed by atoms with van der Waals surface area (Å²) >= 11 is 1.72. The molecule has 0 radical (unpaired) electrons. The topological polar surface area (TPSA) is 42.2 Å². The van der Waals surface area contributed by atoms with E-state index in [4.69, 9.17) is 6.42 Å². The summed E-state index contributed by atoms with van der Waals surface area (Å²) < 4.78 is 1.83. The average Bonchev–Trinajstić information content (AvgIpc) is 2.73. The van der Waals surface area contributed by atoms with E-state index in [1.165, 1.54) is 0 Å². The fourth-order valence-electron chi connectivity index (χ4n) is 1.48. The highest BCUT2D eigenvalue weighted by atomic mass is 32.2. The lowest BCUT2D eigenvalue weighted by Gasteiger charge is -1.99. The van der Waals surface area contributed by atoms with E-state index in [1.54, 1.807) is 11.8 Å². The van der Waals surface area contributed by atoms with E-state index >= 15 is 0 Å². The third-order valence-electron chi connectivity index (χ3n) is 2.26. The summed E-state index contributed by atoms with van der Waals surface area (Å²) in [6.07, 6.45) is 5.17. The Labute approximate surface area is 105 Å². The maximum Gasteiger partial charge on any atom is 0.243 e. The molecule has 0 aromatic carbocycles. The number of fused-ring (bicyclic) bond motifs is 1. The Balaban J connectivity index is 1.96. The summed E-state index contributed by atoms with van der Waals surface area (Å²) in [7, 11) is 0. The molecule has 0 bridgehead atoms. The highest BCUT2D eigenvalue weighted by molar-refractivity contribution is 7.99. The molecule has 0 aliphatic heterocycles. The van der Waals surface area contributed by atoms with Gasteiger partial charge in [0.15, 0.2) is 5.65 Å². The number of anilines is 1. The predicted octanol–water partition coefficient (Wildman–Crippen LogP) is 1.82. The third-order valence-corrected chi connectivity index (χ3v) is 3.13. The van der Waals surface area contributed by atoms with Crippen LogP contribution in [0.15, 0.2) is 18.2 Å². The number of hydrogen-bond donors (Lipinski definition) is 1. The molecule has 1 N–H and O–H groups in total. The molecule has 17 heavy (non-hydrogen) atoms. The standard InChI is InChI=1S/C12H14N4S/c1-3-8-17-9-7-13-12-14-11-6-4-5-10(2)16(11)15-12/h1,4-6H,7-9H2,2H3,(H,13,15). The SMILES string of the molecule is C#CCSCCNc1nc2cccc(C)n2n1. The normalized spacial score (nSPS) is 10.4. The largest absolute Gasteiger partial charge is 0.352 e. The molecule has 5 heteroatoms. The summed E-state index contributed by atoms with van der Waals surface area (Å²) in [5.74, 6) is 4.97. The first-order valence-electron chi connectivity index (χ1n) is 5.39. The van der Waals surface area contributed by atoms with Crippen molar-refractivity contribution in [3.8, 4) is 12.3 Å². The predicted molar refractivity (Wildman–Crippen MR) is 72.4 cm³/mol. The molecule has 2 rings (SSSR count). The number of thioether (sulfide) groups is 1. The van der Waals surface area contributed by atoms with Crippen molar-refractivity contribution in [3.63, 3.8) is 0 Å². The summed E-state index contributed by atoms with van der Waals surface area (Å²) in [5, 5.41) is 7.56. The average molecular weight is 246 g/mol. The van der Waals surface area contributed by atoms with Crippen LogP contribution < -0.4 is 5.32 Å². The lowest BCUT2D eigenvalue weighted by Crippen LogP contribution is -2.06. The van der Waals surface area contributed by atoms with Crippen LogP contribution in [-0.4, -0.2) is 32.6 Å². The zero-order valence-corrected chi connectivity index (χ0v) is 10.5. The Bertz CT molecular complexity index is 541. The van der Waals surface area contributed by atoms with Crippen molar-refractivity contribution < 1.29 is 0 Å². The van der Waals surface area contributed by atoms with Crippen molar-refractivity contribution in [2.75, 3.05) is 23.4 Å². The Hall–Kier alpha value is -1.67. The second kappa shape index (κ2) is 5.60. The van der Waals surface area contributed by atoms with Crippen molar-refractivity contribution in [2.45, 2.75) is 6.92 Å². The van der Waals surface area contributed by atoms with Crippen LogP contribution in [0.3, 0.4) is 0 Å². The van der Waals surface area contributed by atoms with E-state index in [0.717, 1.165) is 29.4 Å². The van der Waals surface area contributed by atoms with Gasteiger partial charge in [0.05, 0.1) is 5.75 Å². The number of terminal acetylenes is 1. The first-order valence-corrected chi connectivity index (χ1v) is 6.54. The van der Waals surface area contributed by atoms with Crippen LogP contribution in [0.25, 0.3) is 5.65 Å². The molecule has 4 nitrogen and oxygen atoms in total. The molecule has 0 spiro atoms. The zero-order valence-electron chi connectivity index (χ0n) is 9.68. The molecule has 0 fully saturated rings. The Morgan fingerprint density at radius 3 is 3.18 bits per heavy atom. The Morgan fingerprint density at radius 1 is 1.53 bits per heavy atom.